The standard InChI is InChI=1S/C14H25F3N2/c1-12-10-19-9-4-2-6-13(19)11-18(12)8-5-3-7-14(15,16)17/h12-13H,2-11H2,1H3. The lowest BCUT2D eigenvalue weighted by Crippen LogP contribution is -2.58. The Kier molecular flexibility index (Phi) is 5.12. The Morgan fingerprint density at radius 1 is 1.11 bits per heavy atom. The van der Waals surface area contributed by atoms with Crippen molar-refractivity contribution < 1.29 is 13.2 Å². The predicted octanol–water partition coefficient (Wildman–Crippen LogP) is 3.28. The van der Waals surface area contributed by atoms with Crippen LogP contribution >= 0.6 is 0 Å². The summed E-state index contributed by atoms with van der Waals surface area (Å²) in [6.45, 7) is 6.37. The maximum absolute atomic E-state index is 12.1. The molecule has 2 atom stereocenters. The Hall–Kier alpha value is -0.290. The minimum atomic E-state index is -3.99. The largest absolute Gasteiger partial charge is 0.389 e. The molecule has 2 aliphatic rings. The molecule has 0 radical (unpaired) electrons. The van der Waals surface area contributed by atoms with E-state index < -0.39 is 12.6 Å². The van der Waals surface area contributed by atoms with Crippen LogP contribution in [0.25, 0.3) is 0 Å². The molecule has 112 valence electrons. The molecule has 2 rings (SSSR count). The summed E-state index contributed by atoms with van der Waals surface area (Å²) in [7, 11) is 0. The molecule has 0 bridgehead atoms. The van der Waals surface area contributed by atoms with Gasteiger partial charge in [-0.3, -0.25) is 9.80 Å². The molecule has 0 N–H and O–H groups in total. The van der Waals surface area contributed by atoms with E-state index in [0.29, 0.717) is 18.5 Å². The van der Waals surface area contributed by atoms with Gasteiger partial charge in [0.1, 0.15) is 0 Å². The molecule has 0 saturated carbocycles. The van der Waals surface area contributed by atoms with E-state index >= 15 is 0 Å². The van der Waals surface area contributed by atoms with Crippen LogP contribution in [0.5, 0.6) is 0 Å². The van der Waals surface area contributed by atoms with Gasteiger partial charge < -0.3 is 0 Å². The Morgan fingerprint density at radius 2 is 1.89 bits per heavy atom. The molecule has 5 heteroatoms. The van der Waals surface area contributed by atoms with Gasteiger partial charge in [0.05, 0.1) is 0 Å². The van der Waals surface area contributed by atoms with Crippen LogP contribution in [-0.4, -0.2) is 54.2 Å². The average molecular weight is 278 g/mol. The second-order valence-corrected chi connectivity index (χ2v) is 6.06. The quantitative estimate of drug-likeness (QED) is 0.728. The lowest BCUT2D eigenvalue weighted by Gasteiger charge is -2.47. The summed E-state index contributed by atoms with van der Waals surface area (Å²) < 4.78 is 36.3. The highest BCUT2D eigenvalue weighted by atomic mass is 19.4. The monoisotopic (exact) mass is 278 g/mol. The molecule has 0 aromatic carbocycles. The summed E-state index contributed by atoms with van der Waals surface area (Å²) in [5, 5.41) is 0. The average Bonchev–Trinajstić information content (AvgIpc) is 2.33. The molecular weight excluding hydrogens is 253 g/mol. The first kappa shape index (κ1) is 15.1. The van der Waals surface area contributed by atoms with Crippen molar-refractivity contribution in [1.82, 2.24) is 9.80 Å². The summed E-state index contributed by atoms with van der Waals surface area (Å²) in [6.07, 6.45) is 0.161. The zero-order valence-corrected chi connectivity index (χ0v) is 11.8. The van der Waals surface area contributed by atoms with Gasteiger partial charge in [-0.2, -0.15) is 13.2 Å². The zero-order chi connectivity index (χ0) is 13.9. The number of rotatable bonds is 4. The van der Waals surface area contributed by atoms with Gasteiger partial charge >= 0.3 is 6.18 Å². The van der Waals surface area contributed by atoms with Crippen LogP contribution in [0.3, 0.4) is 0 Å². The second kappa shape index (κ2) is 6.44. The first-order valence-corrected chi connectivity index (χ1v) is 7.50. The van der Waals surface area contributed by atoms with E-state index in [1.54, 1.807) is 0 Å². The van der Waals surface area contributed by atoms with Crippen molar-refractivity contribution in [2.45, 2.75) is 63.7 Å². The molecule has 0 amide bonds. The maximum atomic E-state index is 12.1. The minimum Gasteiger partial charge on any atom is -0.298 e. The number of piperazine rings is 1. The van der Waals surface area contributed by atoms with Crippen LogP contribution in [0.2, 0.25) is 0 Å². The van der Waals surface area contributed by atoms with Crippen molar-refractivity contribution in [2.75, 3.05) is 26.2 Å². The highest BCUT2D eigenvalue weighted by Gasteiger charge is 2.32. The van der Waals surface area contributed by atoms with Gasteiger partial charge in [-0.05, 0) is 45.7 Å². The van der Waals surface area contributed by atoms with Gasteiger partial charge in [-0.25, -0.2) is 0 Å². The van der Waals surface area contributed by atoms with Gasteiger partial charge in [-0.1, -0.05) is 6.42 Å². The summed E-state index contributed by atoms with van der Waals surface area (Å²) >= 11 is 0. The third kappa shape index (κ3) is 4.63. The SMILES string of the molecule is CC1CN2CCCCC2CN1CCCCC(F)(F)F. The molecule has 0 spiro atoms. The molecule has 2 aliphatic heterocycles. The summed E-state index contributed by atoms with van der Waals surface area (Å²) in [5.41, 5.74) is 0. The van der Waals surface area contributed by atoms with Gasteiger partial charge in [0, 0.05) is 31.6 Å². The molecule has 2 heterocycles. The maximum Gasteiger partial charge on any atom is 0.389 e. The number of unbranched alkanes of at least 4 members (excludes halogenated alkanes) is 1. The van der Waals surface area contributed by atoms with Gasteiger partial charge in [0.15, 0.2) is 0 Å². The Labute approximate surface area is 113 Å². The fourth-order valence-electron chi connectivity index (χ4n) is 3.36. The summed E-state index contributed by atoms with van der Waals surface area (Å²) in [5.74, 6) is 0. The topological polar surface area (TPSA) is 6.48 Å². The molecular formula is C14H25F3N2. The number of halogens is 3. The van der Waals surface area contributed by atoms with Gasteiger partial charge in [-0.15, -0.1) is 0 Å². The van der Waals surface area contributed by atoms with Crippen molar-refractivity contribution in [1.29, 1.82) is 0 Å². The van der Waals surface area contributed by atoms with E-state index in [9.17, 15) is 13.2 Å². The third-order valence-electron chi connectivity index (χ3n) is 4.47. The molecule has 2 saturated heterocycles. The van der Waals surface area contributed by atoms with Crippen molar-refractivity contribution in [3.05, 3.63) is 0 Å². The molecule has 2 nitrogen and oxygen atoms in total. The van der Waals surface area contributed by atoms with Crippen LogP contribution in [0.1, 0.15) is 45.4 Å². The second-order valence-electron chi connectivity index (χ2n) is 6.06. The zero-order valence-electron chi connectivity index (χ0n) is 11.8. The molecule has 19 heavy (non-hydrogen) atoms. The number of fused-ring (bicyclic) bond motifs is 1. The molecule has 2 unspecified atom stereocenters. The first-order chi connectivity index (χ1) is 8.96. The van der Waals surface area contributed by atoms with E-state index in [4.69, 9.17) is 0 Å². The number of hydrogen-bond acceptors (Lipinski definition) is 2. The van der Waals surface area contributed by atoms with Crippen LogP contribution < -0.4 is 0 Å². The molecule has 2 fully saturated rings. The lowest BCUT2D eigenvalue weighted by atomic mass is 9.97. The number of hydrogen-bond donors (Lipinski definition) is 0. The van der Waals surface area contributed by atoms with E-state index in [1.807, 2.05) is 0 Å². The third-order valence-corrected chi connectivity index (χ3v) is 4.47. The Morgan fingerprint density at radius 3 is 2.63 bits per heavy atom. The van der Waals surface area contributed by atoms with Crippen molar-refractivity contribution in [2.24, 2.45) is 0 Å². The number of piperidine rings is 1. The minimum absolute atomic E-state index is 0.265. The number of alkyl halides is 3. The summed E-state index contributed by atoms with van der Waals surface area (Å²) in [4.78, 5) is 4.96. The van der Waals surface area contributed by atoms with Crippen LogP contribution in [-0.2, 0) is 0 Å². The fraction of sp³-hybridized carbons (Fsp3) is 1.00. The Balaban J connectivity index is 1.71. The van der Waals surface area contributed by atoms with Crippen LogP contribution in [0, 0.1) is 0 Å². The fourth-order valence-corrected chi connectivity index (χ4v) is 3.36. The van der Waals surface area contributed by atoms with Crippen LogP contribution in [0.4, 0.5) is 13.2 Å². The molecule has 0 aromatic rings. The van der Waals surface area contributed by atoms with Crippen LogP contribution in [0.15, 0.2) is 0 Å². The van der Waals surface area contributed by atoms with Gasteiger partial charge in [0.25, 0.3) is 0 Å². The summed E-state index contributed by atoms with van der Waals surface area (Å²) in [6, 6.07) is 1.13. The highest BCUT2D eigenvalue weighted by molar-refractivity contribution is 4.88. The molecule has 0 aromatic heterocycles. The lowest BCUT2D eigenvalue weighted by molar-refractivity contribution is -0.135. The highest BCUT2D eigenvalue weighted by Crippen LogP contribution is 2.25. The van der Waals surface area contributed by atoms with Crippen molar-refractivity contribution in [3.63, 3.8) is 0 Å². The van der Waals surface area contributed by atoms with Crippen molar-refractivity contribution in [3.8, 4) is 0 Å². The van der Waals surface area contributed by atoms with E-state index in [0.717, 1.165) is 19.6 Å². The van der Waals surface area contributed by atoms with E-state index in [2.05, 4.69) is 16.7 Å². The van der Waals surface area contributed by atoms with E-state index in [1.165, 1.54) is 25.8 Å². The van der Waals surface area contributed by atoms with E-state index in [-0.39, 0.29) is 6.42 Å². The Bertz CT molecular complexity index is 280. The van der Waals surface area contributed by atoms with Crippen molar-refractivity contribution >= 4 is 0 Å². The first-order valence-electron chi connectivity index (χ1n) is 7.50. The normalized spacial score (nSPS) is 30.3. The predicted molar refractivity (Wildman–Crippen MR) is 70.2 cm³/mol. The van der Waals surface area contributed by atoms with Gasteiger partial charge in [0.2, 0.25) is 0 Å². The molecule has 0 aliphatic carbocycles. The number of nitrogens with zero attached hydrogens (tertiary/aromatic N) is 2. The smallest absolute Gasteiger partial charge is 0.298 e.